The standard InChI is InChI=1S/C11H15NO2/c1-8-4-3-5-9(6-8)10(7-14-2)11(12)13/h3-6,10H,7H2,1-2H3,(H2,12,13). The molecule has 3 nitrogen and oxygen atoms in total. The van der Waals surface area contributed by atoms with E-state index >= 15 is 0 Å². The van der Waals surface area contributed by atoms with Gasteiger partial charge in [0.05, 0.1) is 12.5 Å². The summed E-state index contributed by atoms with van der Waals surface area (Å²) in [6, 6.07) is 7.74. The third-order valence-electron chi connectivity index (χ3n) is 2.12. The number of hydrogen-bond donors (Lipinski definition) is 1. The highest BCUT2D eigenvalue weighted by atomic mass is 16.5. The molecule has 0 saturated heterocycles. The lowest BCUT2D eigenvalue weighted by Crippen LogP contribution is -2.25. The first-order valence-corrected chi connectivity index (χ1v) is 4.50. The lowest BCUT2D eigenvalue weighted by molar-refractivity contribution is -0.120. The number of hydrogen-bond acceptors (Lipinski definition) is 2. The lowest BCUT2D eigenvalue weighted by Gasteiger charge is -2.12. The average Bonchev–Trinajstić information content (AvgIpc) is 2.13. The highest BCUT2D eigenvalue weighted by molar-refractivity contribution is 5.82. The number of amides is 1. The molecule has 0 fully saturated rings. The Kier molecular flexibility index (Phi) is 3.65. The Balaban J connectivity index is 2.93. The molecule has 2 N–H and O–H groups in total. The van der Waals surface area contributed by atoms with Gasteiger partial charge in [-0.2, -0.15) is 0 Å². The van der Waals surface area contributed by atoms with Crippen LogP contribution in [0, 0.1) is 6.92 Å². The summed E-state index contributed by atoms with van der Waals surface area (Å²) < 4.78 is 4.96. The van der Waals surface area contributed by atoms with Gasteiger partial charge >= 0.3 is 0 Å². The zero-order valence-corrected chi connectivity index (χ0v) is 8.49. The van der Waals surface area contributed by atoms with Crippen molar-refractivity contribution >= 4 is 5.91 Å². The molecular formula is C11H15NO2. The van der Waals surface area contributed by atoms with Gasteiger partial charge in [-0.3, -0.25) is 4.79 Å². The van der Waals surface area contributed by atoms with Crippen LogP contribution < -0.4 is 5.73 Å². The maximum atomic E-state index is 11.1. The smallest absolute Gasteiger partial charge is 0.227 e. The van der Waals surface area contributed by atoms with Gasteiger partial charge in [-0.05, 0) is 12.5 Å². The van der Waals surface area contributed by atoms with Crippen molar-refractivity contribution in [2.75, 3.05) is 13.7 Å². The summed E-state index contributed by atoms with van der Waals surface area (Å²) in [6.45, 7) is 2.31. The summed E-state index contributed by atoms with van der Waals surface area (Å²) in [5.41, 5.74) is 7.32. The van der Waals surface area contributed by atoms with Crippen LogP contribution in [0.3, 0.4) is 0 Å². The Morgan fingerprint density at radius 3 is 2.79 bits per heavy atom. The van der Waals surface area contributed by atoms with Gasteiger partial charge in [-0.25, -0.2) is 0 Å². The van der Waals surface area contributed by atoms with Gasteiger partial charge in [0.25, 0.3) is 0 Å². The van der Waals surface area contributed by atoms with E-state index in [9.17, 15) is 4.79 Å². The molecule has 0 spiro atoms. The Bertz CT molecular complexity index is 323. The Labute approximate surface area is 83.9 Å². The fourth-order valence-electron chi connectivity index (χ4n) is 1.40. The molecule has 0 radical (unpaired) electrons. The van der Waals surface area contributed by atoms with Crippen molar-refractivity contribution in [2.45, 2.75) is 12.8 Å². The SMILES string of the molecule is COCC(C(N)=O)c1cccc(C)c1. The van der Waals surface area contributed by atoms with Crippen LogP contribution in [-0.4, -0.2) is 19.6 Å². The Morgan fingerprint density at radius 1 is 1.57 bits per heavy atom. The highest BCUT2D eigenvalue weighted by Gasteiger charge is 2.17. The number of carbonyl (C=O) groups is 1. The van der Waals surface area contributed by atoms with Gasteiger partial charge in [0.15, 0.2) is 0 Å². The Hall–Kier alpha value is -1.35. The van der Waals surface area contributed by atoms with E-state index in [-0.39, 0.29) is 11.8 Å². The summed E-state index contributed by atoms with van der Waals surface area (Å²) in [6.07, 6.45) is 0. The molecule has 14 heavy (non-hydrogen) atoms. The number of carbonyl (C=O) groups excluding carboxylic acids is 1. The van der Waals surface area contributed by atoms with Crippen LogP contribution in [0.1, 0.15) is 17.0 Å². The number of rotatable bonds is 4. The normalized spacial score (nSPS) is 12.4. The molecule has 1 unspecified atom stereocenters. The molecule has 1 aromatic rings. The van der Waals surface area contributed by atoms with Gasteiger partial charge in [-0.15, -0.1) is 0 Å². The highest BCUT2D eigenvalue weighted by Crippen LogP contribution is 2.16. The van der Waals surface area contributed by atoms with Crippen LogP contribution in [0.2, 0.25) is 0 Å². The third-order valence-corrected chi connectivity index (χ3v) is 2.12. The van der Waals surface area contributed by atoms with E-state index in [4.69, 9.17) is 10.5 Å². The van der Waals surface area contributed by atoms with E-state index in [0.717, 1.165) is 11.1 Å². The number of benzene rings is 1. The second kappa shape index (κ2) is 4.77. The Morgan fingerprint density at radius 2 is 2.29 bits per heavy atom. The number of aryl methyl sites for hydroxylation is 1. The van der Waals surface area contributed by atoms with Gasteiger partial charge in [0.1, 0.15) is 0 Å². The molecule has 3 heteroatoms. The molecule has 1 amide bonds. The average molecular weight is 193 g/mol. The zero-order chi connectivity index (χ0) is 10.6. The molecule has 0 heterocycles. The lowest BCUT2D eigenvalue weighted by atomic mass is 9.98. The van der Waals surface area contributed by atoms with E-state index in [1.54, 1.807) is 7.11 Å². The maximum Gasteiger partial charge on any atom is 0.227 e. The summed E-state index contributed by atoms with van der Waals surface area (Å²) in [5.74, 6) is -0.697. The second-order valence-corrected chi connectivity index (χ2v) is 3.32. The summed E-state index contributed by atoms with van der Waals surface area (Å²) in [4.78, 5) is 11.1. The molecular weight excluding hydrogens is 178 g/mol. The molecule has 0 aliphatic carbocycles. The number of methoxy groups -OCH3 is 1. The van der Waals surface area contributed by atoms with Crippen molar-refractivity contribution in [3.05, 3.63) is 35.4 Å². The van der Waals surface area contributed by atoms with Gasteiger partial charge in [0.2, 0.25) is 5.91 Å². The molecule has 76 valence electrons. The minimum atomic E-state index is -0.350. The van der Waals surface area contributed by atoms with E-state index in [1.165, 1.54) is 0 Å². The molecule has 0 bridgehead atoms. The van der Waals surface area contributed by atoms with Crippen molar-refractivity contribution in [3.8, 4) is 0 Å². The minimum Gasteiger partial charge on any atom is -0.384 e. The van der Waals surface area contributed by atoms with E-state index in [1.807, 2.05) is 31.2 Å². The van der Waals surface area contributed by atoms with E-state index in [2.05, 4.69) is 0 Å². The molecule has 0 aliphatic heterocycles. The van der Waals surface area contributed by atoms with Gasteiger partial charge in [-0.1, -0.05) is 29.8 Å². The van der Waals surface area contributed by atoms with E-state index in [0.29, 0.717) is 6.61 Å². The monoisotopic (exact) mass is 193 g/mol. The fourth-order valence-corrected chi connectivity index (χ4v) is 1.40. The van der Waals surface area contributed by atoms with Crippen LogP contribution in [-0.2, 0) is 9.53 Å². The summed E-state index contributed by atoms with van der Waals surface area (Å²) in [7, 11) is 1.56. The van der Waals surface area contributed by atoms with Crippen LogP contribution in [0.5, 0.6) is 0 Å². The third kappa shape index (κ3) is 2.57. The van der Waals surface area contributed by atoms with Crippen molar-refractivity contribution in [1.29, 1.82) is 0 Å². The predicted octanol–water partition coefficient (Wildman–Crippen LogP) is 1.21. The molecule has 1 atom stereocenters. The zero-order valence-electron chi connectivity index (χ0n) is 8.49. The molecule has 0 aromatic heterocycles. The summed E-state index contributed by atoms with van der Waals surface area (Å²) in [5, 5.41) is 0. The molecule has 1 aromatic carbocycles. The summed E-state index contributed by atoms with van der Waals surface area (Å²) >= 11 is 0. The maximum absolute atomic E-state index is 11.1. The van der Waals surface area contributed by atoms with Crippen LogP contribution in [0.25, 0.3) is 0 Å². The van der Waals surface area contributed by atoms with Crippen molar-refractivity contribution in [2.24, 2.45) is 5.73 Å². The van der Waals surface area contributed by atoms with Crippen molar-refractivity contribution in [1.82, 2.24) is 0 Å². The second-order valence-electron chi connectivity index (χ2n) is 3.32. The molecule has 0 saturated carbocycles. The number of nitrogens with two attached hydrogens (primary N) is 1. The van der Waals surface area contributed by atoms with Crippen molar-refractivity contribution < 1.29 is 9.53 Å². The number of primary amides is 1. The van der Waals surface area contributed by atoms with Gasteiger partial charge < -0.3 is 10.5 Å². The largest absolute Gasteiger partial charge is 0.384 e. The van der Waals surface area contributed by atoms with Crippen LogP contribution in [0.4, 0.5) is 0 Å². The van der Waals surface area contributed by atoms with Crippen LogP contribution in [0.15, 0.2) is 24.3 Å². The minimum absolute atomic E-state index is 0.332. The quantitative estimate of drug-likeness (QED) is 0.781. The fraction of sp³-hybridized carbons (Fsp3) is 0.364. The first-order chi connectivity index (χ1) is 6.65. The van der Waals surface area contributed by atoms with Crippen molar-refractivity contribution in [3.63, 3.8) is 0 Å². The first kappa shape index (κ1) is 10.7. The first-order valence-electron chi connectivity index (χ1n) is 4.50. The van der Waals surface area contributed by atoms with Gasteiger partial charge in [0, 0.05) is 7.11 Å². The number of ether oxygens (including phenoxy) is 1. The predicted molar refractivity (Wildman–Crippen MR) is 55.0 cm³/mol. The topological polar surface area (TPSA) is 52.3 Å². The van der Waals surface area contributed by atoms with E-state index < -0.39 is 0 Å². The molecule has 1 rings (SSSR count). The molecule has 0 aliphatic rings. The van der Waals surface area contributed by atoms with Crippen LogP contribution >= 0.6 is 0 Å².